The molecule has 1 aromatic rings. The Labute approximate surface area is 127 Å². The van der Waals surface area contributed by atoms with E-state index < -0.39 is 12.0 Å². The molecule has 2 fully saturated rings. The fourth-order valence-electron chi connectivity index (χ4n) is 2.58. The molecule has 1 aromatic heterocycles. The van der Waals surface area contributed by atoms with Gasteiger partial charge >= 0.3 is 12.0 Å². The van der Waals surface area contributed by atoms with Crippen molar-refractivity contribution in [2.45, 2.75) is 43.8 Å². The molecule has 0 bridgehead atoms. The van der Waals surface area contributed by atoms with Gasteiger partial charge in [-0.25, -0.2) is 9.59 Å². The molecule has 1 saturated heterocycles. The van der Waals surface area contributed by atoms with Crippen LogP contribution in [0.25, 0.3) is 0 Å². The average molecular weight is 310 g/mol. The quantitative estimate of drug-likeness (QED) is 0.923. The largest absolute Gasteiger partial charge is 0.480 e. The van der Waals surface area contributed by atoms with Gasteiger partial charge in [-0.15, -0.1) is 11.8 Å². The van der Waals surface area contributed by atoms with Crippen molar-refractivity contribution in [2.75, 3.05) is 5.75 Å². The first-order valence-corrected chi connectivity index (χ1v) is 8.08. The Morgan fingerprint density at radius 2 is 2.29 bits per heavy atom. The van der Waals surface area contributed by atoms with Crippen LogP contribution in [0.15, 0.2) is 22.8 Å². The maximum Gasteiger partial charge on any atom is 0.327 e. The first kappa shape index (κ1) is 14.3. The van der Waals surface area contributed by atoms with Crippen LogP contribution in [0, 0.1) is 0 Å². The van der Waals surface area contributed by atoms with Gasteiger partial charge in [0.25, 0.3) is 0 Å². The molecule has 2 heterocycles. The number of thioether (sulfide) groups is 1. The molecule has 2 aliphatic rings. The average Bonchev–Trinajstić information content (AvgIpc) is 3.00. The van der Waals surface area contributed by atoms with Crippen molar-refractivity contribution in [3.63, 3.8) is 0 Å². The summed E-state index contributed by atoms with van der Waals surface area (Å²) in [6.45, 7) is 2.28. The molecule has 1 aliphatic carbocycles. The van der Waals surface area contributed by atoms with Crippen LogP contribution in [-0.2, 0) is 11.3 Å². The van der Waals surface area contributed by atoms with E-state index in [1.807, 2.05) is 13.0 Å². The number of nitrogens with zero attached hydrogens (tertiary/aromatic N) is 2. The molecule has 7 heteroatoms. The van der Waals surface area contributed by atoms with E-state index in [-0.39, 0.29) is 17.4 Å². The summed E-state index contributed by atoms with van der Waals surface area (Å²) in [6, 6.07) is 2.89. The van der Waals surface area contributed by atoms with Gasteiger partial charge in [0.15, 0.2) is 0 Å². The molecule has 0 aromatic carbocycles. The summed E-state index contributed by atoms with van der Waals surface area (Å²) < 4.78 is 5.32. The van der Waals surface area contributed by atoms with Crippen LogP contribution in [-0.4, -0.2) is 50.1 Å². The second-order valence-electron chi connectivity index (χ2n) is 5.41. The SMILES string of the molecule is CC1SCC(C(=O)O)N1C(=O)N(Cc1ccco1)C1CC1. The molecule has 114 valence electrons. The van der Waals surface area contributed by atoms with E-state index in [4.69, 9.17) is 4.42 Å². The summed E-state index contributed by atoms with van der Waals surface area (Å²) in [5.41, 5.74) is 0. The number of carboxylic acids is 1. The number of rotatable bonds is 4. The van der Waals surface area contributed by atoms with Crippen molar-refractivity contribution in [1.82, 2.24) is 9.80 Å². The summed E-state index contributed by atoms with van der Waals surface area (Å²) >= 11 is 1.50. The summed E-state index contributed by atoms with van der Waals surface area (Å²) in [6.07, 6.45) is 3.53. The molecular weight excluding hydrogens is 292 g/mol. The van der Waals surface area contributed by atoms with Gasteiger partial charge in [-0.1, -0.05) is 0 Å². The van der Waals surface area contributed by atoms with Crippen LogP contribution in [0.2, 0.25) is 0 Å². The van der Waals surface area contributed by atoms with E-state index in [1.54, 1.807) is 17.2 Å². The minimum atomic E-state index is -0.936. The summed E-state index contributed by atoms with van der Waals surface area (Å²) in [5.74, 6) is 0.233. The number of amides is 2. The summed E-state index contributed by atoms with van der Waals surface area (Å²) in [5, 5.41) is 9.18. The Morgan fingerprint density at radius 1 is 1.52 bits per heavy atom. The topological polar surface area (TPSA) is 74.0 Å². The number of hydrogen-bond acceptors (Lipinski definition) is 4. The molecule has 2 amide bonds. The van der Waals surface area contributed by atoms with Gasteiger partial charge in [-0.05, 0) is 31.9 Å². The lowest BCUT2D eigenvalue weighted by Crippen LogP contribution is -2.51. The third kappa shape index (κ3) is 2.88. The lowest BCUT2D eigenvalue weighted by molar-refractivity contribution is -0.141. The molecule has 6 nitrogen and oxygen atoms in total. The van der Waals surface area contributed by atoms with Gasteiger partial charge in [0.1, 0.15) is 11.8 Å². The highest BCUT2D eigenvalue weighted by molar-refractivity contribution is 8.00. The number of hydrogen-bond donors (Lipinski definition) is 1. The van der Waals surface area contributed by atoms with Crippen molar-refractivity contribution < 1.29 is 19.1 Å². The maximum absolute atomic E-state index is 12.8. The Morgan fingerprint density at radius 3 is 2.86 bits per heavy atom. The van der Waals surface area contributed by atoms with Gasteiger partial charge in [-0.2, -0.15) is 0 Å². The monoisotopic (exact) mass is 310 g/mol. The molecule has 3 rings (SSSR count). The van der Waals surface area contributed by atoms with Gasteiger partial charge in [0.2, 0.25) is 0 Å². The molecule has 1 aliphatic heterocycles. The van der Waals surface area contributed by atoms with E-state index in [9.17, 15) is 14.7 Å². The van der Waals surface area contributed by atoms with E-state index in [0.29, 0.717) is 12.3 Å². The Bertz CT molecular complexity index is 529. The van der Waals surface area contributed by atoms with Crippen molar-refractivity contribution in [3.8, 4) is 0 Å². The van der Waals surface area contributed by atoms with Crippen LogP contribution in [0.3, 0.4) is 0 Å². The lowest BCUT2D eigenvalue weighted by Gasteiger charge is -2.32. The van der Waals surface area contributed by atoms with Gasteiger partial charge in [0, 0.05) is 11.8 Å². The zero-order valence-corrected chi connectivity index (χ0v) is 12.6. The minimum Gasteiger partial charge on any atom is -0.480 e. The molecule has 1 saturated carbocycles. The standard InChI is InChI=1S/C14H18N2O4S/c1-9-16(12(8-21-9)13(17)18)14(19)15(10-4-5-10)7-11-3-2-6-20-11/h2-3,6,9-10,12H,4-5,7-8H2,1H3,(H,17,18). The molecule has 0 spiro atoms. The second kappa shape index (κ2) is 5.63. The molecule has 21 heavy (non-hydrogen) atoms. The number of carbonyl (C=O) groups is 2. The predicted octanol–water partition coefficient (Wildman–Crippen LogP) is 2.21. The van der Waals surface area contributed by atoms with Crippen molar-refractivity contribution >= 4 is 23.8 Å². The highest BCUT2D eigenvalue weighted by Crippen LogP contribution is 2.34. The van der Waals surface area contributed by atoms with Crippen LogP contribution in [0.5, 0.6) is 0 Å². The highest BCUT2D eigenvalue weighted by Gasteiger charge is 2.44. The highest BCUT2D eigenvalue weighted by atomic mass is 32.2. The predicted molar refractivity (Wildman–Crippen MR) is 77.9 cm³/mol. The summed E-state index contributed by atoms with van der Waals surface area (Å²) in [4.78, 5) is 27.4. The number of aliphatic carboxylic acids is 1. The van der Waals surface area contributed by atoms with Crippen molar-refractivity contribution in [1.29, 1.82) is 0 Å². The van der Waals surface area contributed by atoms with E-state index in [0.717, 1.165) is 18.6 Å². The first-order chi connectivity index (χ1) is 10.1. The zero-order valence-electron chi connectivity index (χ0n) is 11.8. The fourth-order valence-corrected chi connectivity index (χ4v) is 3.74. The Kier molecular flexibility index (Phi) is 3.84. The smallest absolute Gasteiger partial charge is 0.327 e. The van der Waals surface area contributed by atoms with Crippen molar-refractivity contribution in [3.05, 3.63) is 24.2 Å². The third-order valence-electron chi connectivity index (χ3n) is 3.87. The van der Waals surface area contributed by atoms with E-state index in [2.05, 4.69) is 0 Å². The van der Waals surface area contributed by atoms with E-state index >= 15 is 0 Å². The van der Waals surface area contributed by atoms with Crippen molar-refractivity contribution in [2.24, 2.45) is 0 Å². The number of carboxylic acid groups (broad SMARTS) is 1. The van der Waals surface area contributed by atoms with Crippen LogP contribution in [0.1, 0.15) is 25.5 Å². The second-order valence-corrected chi connectivity index (χ2v) is 6.76. The third-order valence-corrected chi connectivity index (χ3v) is 5.09. The minimum absolute atomic E-state index is 0.114. The molecular formula is C14H18N2O4S. The number of furan rings is 1. The molecule has 1 N–H and O–H groups in total. The van der Waals surface area contributed by atoms with Gasteiger partial charge < -0.3 is 14.4 Å². The molecule has 2 atom stereocenters. The van der Waals surface area contributed by atoms with Crippen LogP contribution in [0.4, 0.5) is 4.79 Å². The maximum atomic E-state index is 12.8. The zero-order chi connectivity index (χ0) is 15.0. The van der Waals surface area contributed by atoms with Gasteiger partial charge in [0.05, 0.1) is 18.2 Å². The molecule has 0 radical (unpaired) electrons. The lowest BCUT2D eigenvalue weighted by atomic mass is 10.3. The molecule has 2 unspecified atom stereocenters. The van der Waals surface area contributed by atoms with Crippen LogP contribution < -0.4 is 0 Å². The van der Waals surface area contributed by atoms with Gasteiger partial charge in [-0.3, -0.25) is 4.90 Å². The normalized spacial score (nSPS) is 25.1. The van der Waals surface area contributed by atoms with Crippen LogP contribution >= 0.6 is 11.8 Å². The first-order valence-electron chi connectivity index (χ1n) is 7.03. The fraction of sp³-hybridized carbons (Fsp3) is 0.571. The van der Waals surface area contributed by atoms with E-state index in [1.165, 1.54) is 16.7 Å². The Balaban J connectivity index is 1.78. The summed E-state index contributed by atoms with van der Waals surface area (Å²) in [7, 11) is 0. The Hall–Kier alpha value is -1.63. The number of carbonyl (C=O) groups excluding carboxylic acids is 1. The number of urea groups is 1.